The Morgan fingerprint density at radius 1 is 1.00 bits per heavy atom. The van der Waals surface area contributed by atoms with Crippen LogP contribution in [0.1, 0.15) is 12.0 Å². The minimum Gasteiger partial charge on any atom is -0.378 e. The van der Waals surface area contributed by atoms with Gasteiger partial charge in [0.05, 0.1) is 13.2 Å². The van der Waals surface area contributed by atoms with Gasteiger partial charge in [-0.1, -0.05) is 17.8 Å². The van der Waals surface area contributed by atoms with Crippen LogP contribution in [0.15, 0.2) is 60.0 Å². The van der Waals surface area contributed by atoms with Gasteiger partial charge in [-0.25, -0.2) is 9.97 Å². The second-order valence-corrected chi connectivity index (χ2v) is 9.87. The summed E-state index contributed by atoms with van der Waals surface area (Å²) in [5.74, 6) is 1.84. The SMILES string of the molecule is CSc1nc(Nc2ccc(N3CCOCC3)cc2)cc(N2CCN(C(=O)CCc3cccnc3)CC2)n1. The third kappa shape index (κ3) is 6.69. The highest BCUT2D eigenvalue weighted by molar-refractivity contribution is 7.98. The van der Waals surface area contributed by atoms with Crippen LogP contribution in [0.5, 0.6) is 0 Å². The van der Waals surface area contributed by atoms with E-state index in [0.717, 1.165) is 73.9 Å². The monoisotopic (exact) mass is 519 g/mol. The summed E-state index contributed by atoms with van der Waals surface area (Å²) in [7, 11) is 0. The summed E-state index contributed by atoms with van der Waals surface area (Å²) in [6, 6.07) is 14.4. The Hall–Kier alpha value is -3.37. The van der Waals surface area contributed by atoms with Crippen LogP contribution < -0.4 is 15.1 Å². The first kappa shape index (κ1) is 25.3. The predicted molar refractivity (Wildman–Crippen MR) is 148 cm³/mol. The Morgan fingerprint density at radius 3 is 2.49 bits per heavy atom. The molecule has 0 unspecified atom stereocenters. The molecule has 1 amide bonds. The summed E-state index contributed by atoms with van der Waals surface area (Å²) in [6.45, 7) is 6.26. The average molecular weight is 520 g/mol. The summed E-state index contributed by atoms with van der Waals surface area (Å²) < 4.78 is 5.46. The molecule has 3 aromatic rings. The zero-order valence-corrected chi connectivity index (χ0v) is 22.0. The Labute approximate surface area is 222 Å². The van der Waals surface area contributed by atoms with Crippen LogP contribution in [-0.2, 0) is 16.0 Å². The number of aryl methyl sites for hydroxylation is 1. The number of hydrogen-bond donors (Lipinski definition) is 1. The number of carbonyl (C=O) groups excluding carboxylic acids is 1. The molecule has 2 aliphatic rings. The first-order valence-electron chi connectivity index (χ1n) is 12.7. The van der Waals surface area contributed by atoms with E-state index in [1.807, 2.05) is 35.6 Å². The maximum Gasteiger partial charge on any atom is 0.223 e. The quantitative estimate of drug-likeness (QED) is 0.355. The first-order valence-corrected chi connectivity index (χ1v) is 13.9. The number of anilines is 4. The van der Waals surface area contributed by atoms with Gasteiger partial charge in [-0.15, -0.1) is 0 Å². The van der Waals surface area contributed by atoms with Gasteiger partial charge in [0, 0.05) is 75.5 Å². The number of ether oxygens (including phenoxy) is 1. The van der Waals surface area contributed by atoms with Gasteiger partial charge in [0.1, 0.15) is 11.6 Å². The molecule has 2 saturated heterocycles. The topological polar surface area (TPSA) is 86.7 Å². The van der Waals surface area contributed by atoms with Crippen molar-refractivity contribution in [1.29, 1.82) is 0 Å². The fourth-order valence-corrected chi connectivity index (χ4v) is 4.97. The number of carbonyl (C=O) groups is 1. The van der Waals surface area contributed by atoms with E-state index in [2.05, 4.69) is 49.4 Å². The third-order valence-electron chi connectivity index (χ3n) is 6.70. The molecule has 2 aromatic heterocycles. The minimum absolute atomic E-state index is 0.193. The van der Waals surface area contributed by atoms with Crippen molar-refractivity contribution < 1.29 is 9.53 Å². The molecule has 0 radical (unpaired) electrons. The second kappa shape index (κ2) is 12.2. The van der Waals surface area contributed by atoms with E-state index in [9.17, 15) is 4.79 Å². The molecule has 0 atom stereocenters. The predicted octanol–water partition coefficient (Wildman–Crippen LogP) is 3.46. The molecular weight excluding hydrogens is 486 g/mol. The van der Waals surface area contributed by atoms with Crippen LogP contribution in [-0.4, -0.2) is 84.5 Å². The van der Waals surface area contributed by atoms with E-state index in [1.165, 1.54) is 17.4 Å². The third-order valence-corrected chi connectivity index (χ3v) is 7.25. The van der Waals surface area contributed by atoms with Crippen LogP contribution in [0.3, 0.4) is 0 Å². The molecule has 0 aliphatic carbocycles. The van der Waals surface area contributed by atoms with Crippen LogP contribution in [0, 0.1) is 0 Å². The van der Waals surface area contributed by atoms with Gasteiger partial charge in [-0.3, -0.25) is 9.78 Å². The van der Waals surface area contributed by atoms with E-state index < -0.39 is 0 Å². The Kier molecular flexibility index (Phi) is 8.37. The largest absolute Gasteiger partial charge is 0.378 e. The molecule has 5 rings (SSSR count). The zero-order valence-electron chi connectivity index (χ0n) is 21.2. The molecule has 0 bridgehead atoms. The van der Waals surface area contributed by atoms with E-state index in [-0.39, 0.29) is 5.91 Å². The van der Waals surface area contributed by atoms with Crippen LogP contribution >= 0.6 is 11.8 Å². The van der Waals surface area contributed by atoms with Crippen molar-refractivity contribution in [2.45, 2.75) is 18.0 Å². The lowest BCUT2D eigenvalue weighted by molar-refractivity contribution is -0.131. The van der Waals surface area contributed by atoms with Gasteiger partial charge in [0.15, 0.2) is 5.16 Å². The standard InChI is InChI=1S/C27H33N7O2S/c1-37-27-30-24(29-22-5-7-23(8-6-22)32-15-17-36-18-16-32)19-25(31-27)33-11-13-34(14-12-33)26(35)9-4-21-3-2-10-28-20-21/h2-3,5-8,10,19-20H,4,9,11-18H2,1H3,(H,29,30,31). The first-order chi connectivity index (χ1) is 18.2. The molecule has 4 heterocycles. The summed E-state index contributed by atoms with van der Waals surface area (Å²) in [5.41, 5.74) is 3.28. The number of aromatic nitrogens is 3. The highest BCUT2D eigenvalue weighted by Gasteiger charge is 2.22. The number of amides is 1. The molecule has 10 heteroatoms. The lowest BCUT2D eigenvalue weighted by Crippen LogP contribution is -2.49. The van der Waals surface area contributed by atoms with Gasteiger partial charge >= 0.3 is 0 Å². The van der Waals surface area contributed by atoms with Gasteiger partial charge in [0.25, 0.3) is 0 Å². The normalized spacial score (nSPS) is 16.1. The fraction of sp³-hybridized carbons (Fsp3) is 0.407. The van der Waals surface area contributed by atoms with Crippen molar-refractivity contribution in [3.63, 3.8) is 0 Å². The van der Waals surface area contributed by atoms with Gasteiger partial charge in [0.2, 0.25) is 5.91 Å². The van der Waals surface area contributed by atoms with Crippen molar-refractivity contribution in [3.8, 4) is 0 Å². The van der Waals surface area contributed by atoms with Gasteiger partial charge in [-0.05, 0) is 48.6 Å². The average Bonchev–Trinajstić information content (AvgIpc) is 2.97. The summed E-state index contributed by atoms with van der Waals surface area (Å²) in [4.78, 5) is 32.8. The van der Waals surface area contributed by atoms with Crippen molar-refractivity contribution in [2.75, 3.05) is 73.9 Å². The molecular formula is C27H33N7O2S. The molecule has 37 heavy (non-hydrogen) atoms. The van der Waals surface area contributed by atoms with Crippen LogP contribution in [0.4, 0.5) is 23.0 Å². The number of benzene rings is 1. The molecule has 9 nitrogen and oxygen atoms in total. The Balaban J connectivity index is 1.18. The summed E-state index contributed by atoms with van der Waals surface area (Å²) >= 11 is 1.53. The van der Waals surface area contributed by atoms with E-state index >= 15 is 0 Å². The maximum atomic E-state index is 12.7. The number of morpholine rings is 1. The molecule has 2 fully saturated rings. The summed E-state index contributed by atoms with van der Waals surface area (Å²) in [6.07, 6.45) is 6.79. The smallest absolute Gasteiger partial charge is 0.223 e. The van der Waals surface area contributed by atoms with Gasteiger partial charge < -0.3 is 24.8 Å². The summed E-state index contributed by atoms with van der Waals surface area (Å²) in [5, 5.41) is 4.17. The van der Waals surface area contributed by atoms with Crippen molar-refractivity contribution >= 4 is 40.7 Å². The Morgan fingerprint density at radius 2 is 1.78 bits per heavy atom. The van der Waals surface area contributed by atoms with Gasteiger partial charge in [-0.2, -0.15) is 0 Å². The van der Waals surface area contributed by atoms with Crippen LogP contribution in [0.25, 0.3) is 0 Å². The van der Waals surface area contributed by atoms with E-state index in [0.29, 0.717) is 19.5 Å². The van der Waals surface area contributed by atoms with Crippen molar-refractivity contribution in [3.05, 3.63) is 60.4 Å². The zero-order chi connectivity index (χ0) is 25.5. The second-order valence-electron chi connectivity index (χ2n) is 9.10. The molecule has 2 aliphatic heterocycles. The van der Waals surface area contributed by atoms with Crippen molar-refractivity contribution in [1.82, 2.24) is 19.9 Å². The Bertz CT molecular complexity index is 1170. The number of piperazine rings is 1. The van der Waals surface area contributed by atoms with E-state index in [1.54, 1.807) is 6.20 Å². The number of thioether (sulfide) groups is 1. The highest BCUT2D eigenvalue weighted by Crippen LogP contribution is 2.26. The number of nitrogens with zero attached hydrogens (tertiary/aromatic N) is 6. The van der Waals surface area contributed by atoms with Crippen LogP contribution in [0.2, 0.25) is 0 Å². The molecule has 194 valence electrons. The lowest BCUT2D eigenvalue weighted by atomic mass is 10.1. The lowest BCUT2D eigenvalue weighted by Gasteiger charge is -2.35. The number of nitrogens with one attached hydrogen (secondary N) is 1. The highest BCUT2D eigenvalue weighted by atomic mass is 32.2. The number of hydrogen-bond acceptors (Lipinski definition) is 9. The fourth-order valence-electron chi connectivity index (χ4n) is 4.60. The molecule has 0 saturated carbocycles. The molecule has 1 aromatic carbocycles. The maximum absolute atomic E-state index is 12.7. The number of rotatable bonds is 8. The van der Waals surface area contributed by atoms with E-state index in [4.69, 9.17) is 9.72 Å². The molecule has 0 spiro atoms. The number of pyridine rings is 1. The molecule has 1 N–H and O–H groups in total. The minimum atomic E-state index is 0.193. The van der Waals surface area contributed by atoms with Crippen molar-refractivity contribution in [2.24, 2.45) is 0 Å².